The van der Waals surface area contributed by atoms with Crippen molar-refractivity contribution in [1.82, 2.24) is 14.8 Å². The summed E-state index contributed by atoms with van der Waals surface area (Å²) < 4.78 is 12.2. The first kappa shape index (κ1) is 16.5. The molecule has 0 amide bonds. The topological polar surface area (TPSA) is 99.0 Å². The van der Waals surface area contributed by atoms with Crippen LogP contribution in [0.25, 0.3) is 16.9 Å². The average Bonchev–Trinajstić information content (AvgIpc) is 3.11. The Morgan fingerprint density at radius 2 is 2.00 bits per heavy atom. The van der Waals surface area contributed by atoms with E-state index in [1.165, 1.54) is 0 Å². The van der Waals surface area contributed by atoms with Crippen LogP contribution < -0.4 is 15.2 Å². The Bertz CT molecular complexity index is 879. The Morgan fingerprint density at radius 3 is 2.60 bits per heavy atom. The van der Waals surface area contributed by atoms with Crippen molar-refractivity contribution in [3.63, 3.8) is 0 Å². The van der Waals surface area contributed by atoms with Crippen molar-refractivity contribution in [3.8, 4) is 34.6 Å². The zero-order valence-corrected chi connectivity index (χ0v) is 13.7. The summed E-state index contributed by atoms with van der Waals surface area (Å²) in [7, 11) is 1.56. The fourth-order valence-corrected chi connectivity index (χ4v) is 2.36. The maximum Gasteiger partial charge on any atom is 0.213 e. The molecule has 2 N–H and O–H groups in total. The Morgan fingerprint density at radius 1 is 1.20 bits per heavy atom. The molecule has 7 heteroatoms. The maximum atomic E-state index is 9.20. The first-order valence-electron chi connectivity index (χ1n) is 7.69. The molecule has 0 aliphatic rings. The van der Waals surface area contributed by atoms with E-state index >= 15 is 0 Å². The van der Waals surface area contributed by atoms with Crippen LogP contribution in [0.1, 0.15) is 5.69 Å². The van der Waals surface area contributed by atoms with Crippen molar-refractivity contribution in [2.45, 2.75) is 0 Å². The van der Waals surface area contributed by atoms with Gasteiger partial charge in [-0.05, 0) is 30.3 Å². The molecule has 126 valence electrons. The Hall–Kier alpha value is -3.37. The van der Waals surface area contributed by atoms with E-state index < -0.39 is 0 Å². The van der Waals surface area contributed by atoms with Crippen LogP contribution in [0.4, 0.5) is 0 Å². The molecule has 0 unspecified atom stereocenters. The van der Waals surface area contributed by atoms with E-state index in [1.807, 2.05) is 30.3 Å². The van der Waals surface area contributed by atoms with Crippen molar-refractivity contribution in [1.29, 1.82) is 5.26 Å². The number of benzene rings is 1. The minimum Gasteiger partial charge on any atom is -0.492 e. The molecule has 0 aliphatic heterocycles. The molecule has 0 atom stereocenters. The van der Waals surface area contributed by atoms with Gasteiger partial charge in [0.15, 0.2) is 5.69 Å². The third-order valence-corrected chi connectivity index (χ3v) is 3.54. The number of nitriles is 1. The van der Waals surface area contributed by atoms with Crippen LogP contribution in [-0.4, -0.2) is 35.0 Å². The van der Waals surface area contributed by atoms with Gasteiger partial charge in [0.05, 0.1) is 24.7 Å². The van der Waals surface area contributed by atoms with E-state index in [0.29, 0.717) is 24.7 Å². The van der Waals surface area contributed by atoms with Gasteiger partial charge in [-0.2, -0.15) is 10.4 Å². The van der Waals surface area contributed by atoms with Gasteiger partial charge < -0.3 is 15.2 Å². The highest BCUT2D eigenvalue weighted by molar-refractivity contribution is 5.64. The highest BCUT2D eigenvalue weighted by Gasteiger charge is 2.12. The molecular weight excluding hydrogens is 318 g/mol. The molecule has 0 radical (unpaired) electrons. The number of pyridine rings is 1. The molecule has 1 aromatic carbocycles. The molecular formula is C18H17N5O2. The summed E-state index contributed by atoms with van der Waals surface area (Å²) in [6, 6.07) is 14.9. The van der Waals surface area contributed by atoms with Crippen molar-refractivity contribution >= 4 is 0 Å². The largest absolute Gasteiger partial charge is 0.492 e. The molecule has 2 heterocycles. The third-order valence-electron chi connectivity index (χ3n) is 3.54. The molecule has 2 aromatic heterocycles. The first-order chi connectivity index (χ1) is 12.2. The smallest absolute Gasteiger partial charge is 0.213 e. The normalized spacial score (nSPS) is 10.3. The summed E-state index contributed by atoms with van der Waals surface area (Å²) in [4.78, 5) is 4.19. The van der Waals surface area contributed by atoms with E-state index in [0.717, 1.165) is 22.7 Å². The second-order valence-corrected chi connectivity index (χ2v) is 5.16. The maximum absolute atomic E-state index is 9.20. The van der Waals surface area contributed by atoms with Gasteiger partial charge in [-0.25, -0.2) is 9.67 Å². The molecule has 0 spiro atoms. The van der Waals surface area contributed by atoms with Crippen LogP contribution in [0.3, 0.4) is 0 Å². The van der Waals surface area contributed by atoms with E-state index in [1.54, 1.807) is 30.1 Å². The minimum atomic E-state index is 0.328. The zero-order chi connectivity index (χ0) is 17.6. The highest BCUT2D eigenvalue weighted by Crippen LogP contribution is 2.26. The Kier molecular flexibility index (Phi) is 4.92. The van der Waals surface area contributed by atoms with E-state index in [4.69, 9.17) is 15.2 Å². The lowest BCUT2D eigenvalue weighted by Gasteiger charge is -2.09. The quantitative estimate of drug-likeness (QED) is 0.741. The van der Waals surface area contributed by atoms with E-state index in [9.17, 15) is 5.26 Å². The van der Waals surface area contributed by atoms with Crippen LogP contribution in [0.5, 0.6) is 11.6 Å². The summed E-state index contributed by atoms with van der Waals surface area (Å²) in [6.45, 7) is 0.928. The number of methoxy groups -OCH3 is 1. The van der Waals surface area contributed by atoms with Gasteiger partial charge in [0.2, 0.25) is 5.88 Å². The van der Waals surface area contributed by atoms with Gasteiger partial charge in [-0.15, -0.1) is 0 Å². The number of ether oxygens (including phenoxy) is 2. The predicted molar refractivity (Wildman–Crippen MR) is 92.6 cm³/mol. The monoisotopic (exact) mass is 335 g/mol. The third kappa shape index (κ3) is 3.59. The lowest BCUT2D eigenvalue weighted by Crippen LogP contribution is -2.10. The van der Waals surface area contributed by atoms with Crippen LogP contribution >= 0.6 is 0 Å². The van der Waals surface area contributed by atoms with Crippen molar-refractivity contribution in [2.24, 2.45) is 5.73 Å². The van der Waals surface area contributed by atoms with Gasteiger partial charge >= 0.3 is 0 Å². The van der Waals surface area contributed by atoms with Gasteiger partial charge in [0.1, 0.15) is 18.4 Å². The number of nitrogens with zero attached hydrogens (tertiary/aromatic N) is 4. The Labute approximate surface area is 145 Å². The van der Waals surface area contributed by atoms with Gasteiger partial charge in [0.25, 0.3) is 0 Å². The van der Waals surface area contributed by atoms with Crippen LogP contribution in [0.15, 0.2) is 48.7 Å². The molecule has 7 nitrogen and oxygen atoms in total. The van der Waals surface area contributed by atoms with Gasteiger partial charge in [0, 0.05) is 24.2 Å². The summed E-state index contributed by atoms with van der Waals surface area (Å²) in [6.07, 6.45) is 1.65. The van der Waals surface area contributed by atoms with Crippen LogP contribution in [0, 0.1) is 11.3 Å². The Balaban J connectivity index is 1.98. The second-order valence-electron chi connectivity index (χ2n) is 5.16. The summed E-state index contributed by atoms with van der Waals surface area (Å²) in [5, 5.41) is 13.5. The number of hydrogen-bond donors (Lipinski definition) is 1. The van der Waals surface area contributed by atoms with Gasteiger partial charge in [-0.3, -0.25) is 0 Å². The van der Waals surface area contributed by atoms with Crippen LogP contribution in [-0.2, 0) is 0 Å². The minimum absolute atomic E-state index is 0.328. The average molecular weight is 335 g/mol. The first-order valence-corrected chi connectivity index (χ1v) is 7.69. The molecule has 0 saturated heterocycles. The predicted octanol–water partition coefficient (Wildman–Crippen LogP) is 2.15. The summed E-state index contributed by atoms with van der Waals surface area (Å²) in [5.74, 6) is 1.26. The second kappa shape index (κ2) is 7.47. The summed E-state index contributed by atoms with van der Waals surface area (Å²) in [5.41, 5.74) is 8.20. The highest BCUT2D eigenvalue weighted by atomic mass is 16.5. The molecule has 25 heavy (non-hydrogen) atoms. The number of hydrogen-bond acceptors (Lipinski definition) is 6. The molecule has 0 bridgehead atoms. The lowest BCUT2D eigenvalue weighted by molar-refractivity contribution is 0.328. The summed E-state index contributed by atoms with van der Waals surface area (Å²) >= 11 is 0. The van der Waals surface area contributed by atoms with Gasteiger partial charge in [-0.1, -0.05) is 0 Å². The molecule has 0 aliphatic carbocycles. The number of aromatic nitrogens is 3. The van der Waals surface area contributed by atoms with E-state index in [-0.39, 0.29) is 0 Å². The van der Waals surface area contributed by atoms with Crippen molar-refractivity contribution in [2.75, 3.05) is 20.3 Å². The van der Waals surface area contributed by atoms with Crippen molar-refractivity contribution < 1.29 is 9.47 Å². The standard InChI is InChI=1S/C18H17N5O2/c1-24-18-7-4-15(12-21-18)23-17(10-14(11-20)22-23)13-2-5-16(6-3-13)25-9-8-19/h2-7,10,12H,8-9,19H2,1H3. The number of nitrogens with two attached hydrogens (primary N) is 1. The van der Waals surface area contributed by atoms with Crippen LogP contribution in [0.2, 0.25) is 0 Å². The van der Waals surface area contributed by atoms with E-state index in [2.05, 4.69) is 16.2 Å². The molecule has 3 aromatic rings. The SMILES string of the molecule is COc1ccc(-n2nc(C#N)cc2-c2ccc(OCCN)cc2)cn1. The zero-order valence-electron chi connectivity index (χ0n) is 13.7. The molecule has 0 fully saturated rings. The fraction of sp³-hybridized carbons (Fsp3) is 0.167. The number of rotatable bonds is 6. The lowest BCUT2D eigenvalue weighted by atomic mass is 10.1. The molecule has 0 saturated carbocycles. The fourth-order valence-electron chi connectivity index (χ4n) is 2.36. The van der Waals surface area contributed by atoms with Crippen molar-refractivity contribution in [3.05, 3.63) is 54.4 Å². The molecule has 3 rings (SSSR count).